The minimum Gasteiger partial charge on any atom is -0.406 e. The van der Waals surface area contributed by atoms with Crippen molar-refractivity contribution in [1.29, 1.82) is 0 Å². The van der Waals surface area contributed by atoms with Gasteiger partial charge in [-0.25, -0.2) is 0 Å². The number of nitrogens with one attached hydrogen (secondary N) is 2. The minimum absolute atomic E-state index is 0.0350. The van der Waals surface area contributed by atoms with E-state index in [2.05, 4.69) is 15.4 Å². The second-order valence-electron chi connectivity index (χ2n) is 6.91. The summed E-state index contributed by atoms with van der Waals surface area (Å²) in [6, 6.07) is 14.6. The van der Waals surface area contributed by atoms with Crippen LogP contribution < -0.4 is 15.4 Å². The van der Waals surface area contributed by atoms with Crippen molar-refractivity contribution in [3.05, 3.63) is 60.2 Å². The molecule has 2 aromatic rings. The van der Waals surface area contributed by atoms with Gasteiger partial charge in [-0.05, 0) is 42.8 Å². The zero-order valence-electron chi connectivity index (χ0n) is 16.7. The number of nitrogens with zero attached hydrogens (tertiary/aromatic N) is 1. The predicted octanol–water partition coefficient (Wildman–Crippen LogP) is 3.38. The Balaban J connectivity index is 1.72. The zero-order valence-corrected chi connectivity index (χ0v) is 16.7. The van der Waals surface area contributed by atoms with Crippen LogP contribution in [0.3, 0.4) is 0 Å². The van der Waals surface area contributed by atoms with Gasteiger partial charge in [-0.1, -0.05) is 37.3 Å². The van der Waals surface area contributed by atoms with Crippen LogP contribution in [0.4, 0.5) is 18.9 Å². The number of carbonyl (C=O) groups is 2. The maximum absolute atomic E-state index is 12.2. The highest BCUT2D eigenvalue weighted by Gasteiger charge is 2.30. The monoisotopic (exact) mass is 423 g/mol. The first-order valence-electron chi connectivity index (χ1n) is 9.28. The molecule has 0 aromatic heterocycles. The fourth-order valence-electron chi connectivity index (χ4n) is 2.71. The van der Waals surface area contributed by atoms with E-state index in [9.17, 15) is 22.8 Å². The highest BCUT2D eigenvalue weighted by Crippen LogP contribution is 2.23. The summed E-state index contributed by atoms with van der Waals surface area (Å²) in [5.74, 6) is -0.818. The Labute approximate surface area is 173 Å². The third kappa shape index (κ3) is 8.52. The number of rotatable bonds is 9. The Kier molecular flexibility index (Phi) is 8.23. The van der Waals surface area contributed by atoms with Crippen molar-refractivity contribution in [2.75, 3.05) is 32.0 Å². The van der Waals surface area contributed by atoms with Gasteiger partial charge in [-0.3, -0.25) is 14.5 Å². The van der Waals surface area contributed by atoms with Gasteiger partial charge in [0, 0.05) is 12.2 Å². The Morgan fingerprint density at radius 3 is 2.20 bits per heavy atom. The SMILES string of the molecule is C[C@@H](CNC(=O)CN(C)CC(=O)Nc1ccc(OC(F)(F)F)cc1)c1ccccc1. The van der Waals surface area contributed by atoms with Gasteiger partial charge in [0.25, 0.3) is 0 Å². The van der Waals surface area contributed by atoms with Crippen molar-refractivity contribution in [3.8, 4) is 5.75 Å². The summed E-state index contributed by atoms with van der Waals surface area (Å²) >= 11 is 0. The molecule has 0 fully saturated rings. The summed E-state index contributed by atoms with van der Waals surface area (Å²) in [4.78, 5) is 25.7. The molecular weight excluding hydrogens is 399 g/mol. The van der Waals surface area contributed by atoms with E-state index in [1.54, 1.807) is 11.9 Å². The number of alkyl halides is 3. The largest absolute Gasteiger partial charge is 0.573 e. The van der Waals surface area contributed by atoms with Crippen molar-refractivity contribution < 1.29 is 27.5 Å². The van der Waals surface area contributed by atoms with E-state index in [-0.39, 0.29) is 30.7 Å². The van der Waals surface area contributed by atoms with Gasteiger partial charge in [0.1, 0.15) is 5.75 Å². The van der Waals surface area contributed by atoms with Gasteiger partial charge in [0.2, 0.25) is 11.8 Å². The van der Waals surface area contributed by atoms with Gasteiger partial charge >= 0.3 is 6.36 Å². The number of carbonyl (C=O) groups excluding carboxylic acids is 2. The number of halogens is 3. The molecule has 0 radical (unpaired) electrons. The normalized spacial score (nSPS) is 12.3. The second-order valence-corrected chi connectivity index (χ2v) is 6.91. The number of likely N-dealkylation sites (N-methyl/N-ethyl adjacent to an activating group) is 1. The molecule has 0 aliphatic carbocycles. The molecule has 0 aliphatic heterocycles. The maximum Gasteiger partial charge on any atom is 0.573 e. The molecular formula is C21H24F3N3O3. The molecule has 2 N–H and O–H groups in total. The summed E-state index contributed by atoms with van der Waals surface area (Å²) in [6.07, 6.45) is -4.77. The molecule has 2 aromatic carbocycles. The van der Waals surface area contributed by atoms with E-state index < -0.39 is 12.3 Å². The Morgan fingerprint density at radius 2 is 1.60 bits per heavy atom. The van der Waals surface area contributed by atoms with Crippen LogP contribution in [-0.4, -0.2) is 49.8 Å². The van der Waals surface area contributed by atoms with Crippen molar-refractivity contribution in [1.82, 2.24) is 10.2 Å². The lowest BCUT2D eigenvalue weighted by atomic mass is 10.0. The summed E-state index contributed by atoms with van der Waals surface area (Å²) in [5.41, 5.74) is 1.45. The Hall–Kier alpha value is -3.07. The number of anilines is 1. The van der Waals surface area contributed by atoms with Crippen LogP contribution in [0.1, 0.15) is 18.4 Å². The molecule has 0 unspecified atom stereocenters. The van der Waals surface area contributed by atoms with Crippen molar-refractivity contribution in [2.45, 2.75) is 19.2 Å². The molecule has 2 rings (SSSR count). The maximum atomic E-state index is 12.2. The summed E-state index contributed by atoms with van der Waals surface area (Å²) < 4.78 is 40.2. The average molecular weight is 423 g/mol. The molecule has 9 heteroatoms. The minimum atomic E-state index is -4.77. The smallest absolute Gasteiger partial charge is 0.406 e. The molecule has 0 spiro atoms. The van der Waals surface area contributed by atoms with E-state index in [1.807, 2.05) is 37.3 Å². The summed E-state index contributed by atoms with van der Waals surface area (Å²) in [5, 5.41) is 5.40. The number of benzene rings is 2. The molecule has 0 saturated carbocycles. The van der Waals surface area contributed by atoms with E-state index in [0.717, 1.165) is 17.7 Å². The lowest BCUT2D eigenvalue weighted by Crippen LogP contribution is -2.39. The molecule has 162 valence electrons. The molecule has 0 bridgehead atoms. The van der Waals surface area contributed by atoms with Gasteiger partial charge in [0.05, 0.1) is 13.1 Å². The highest BCUT2D eigenvalue weighted by atomic mass is 19.4. The molecule has 1 atom stereocenters. The van der Waals surface area contributed by atoms with Gasteiger partial charge in [0.15, 0.2) is 0 Å². The van der Waals surface area contributed by atoms with Gasteiger partial charge < -0.3 is 15.4 Å². The number of ether oxygens (including phenoxy) is 1. The summed E-state index contributed by atoms with van der Waals surface area (Å²) in [7, 11) is 1.63. The molecule has 0 aliphatic rings. The van der Waals surface area contributed by atoms with Crippen LogP contribution in [-0.2, 0) is 9.59 Å². The zero-order chi connectivity index (χ0) is 22.1. The van der Waals surface area contributed by atoms with E-state index in [0.29, 0.717) is 12.2 Å². The molecule has 0 heterocycles. The van der Waals surface area contributed by atoms with E-state index in [1.165, 1.54) is 12.1 Å². The predicted molar refractivity (Wildman–Crippen MR) is 107 cm³/mol. The van der Waals surface area contributed by atoms with Gasteiger partial charge in [-0.2, -0.15) is 0 Å². The summed E-state index contributed by atoms with van der Waals surface area (Å²) in [6.45, 7) is 2.47. The van der Waals surface area contributed by atoms with Crippen LogP contribution in [0, 0.1) is 0 Å². The van der Waals surface area contributed by atoms with Crippen LogP contribution in [0.2, 0.25) is 0 Å². The molecule has 6 nitrogen and oxygen atoms in total. The van der Waals surface area contributed by atoms with Crippen molar-refractivity contribution >= 4 is 17.5 Å². The first-order valence-corrected chi connectivity index (χ1v) is 9.28. The second kappa shape index (κ2) is 10.6. The third-order valence-corrected chi connectivity index (χ3v) is 4.17. The topological polar surface area (TPSA) is 70.7 Å². The Morgan fingerprint density at radius 1 is 1.00 bits per heavy atom. The number of amides is 2. The first-order chi connectivity index (χ1) is 14.1. The fraction of sp³-hybridized carbons (Fsp3) is 0.333. The lowest BCUT2D eigenvalue weighted by Gasteiger charge is -2.18. The molecule has 30 heavy (non-hydrogen) atoms. The number of hydrogen-bond acceptors (Lipinski definition) is 4. The van der Waals surface area contributed by atoms with Crippen LogP contribution in [0.25, 0.3) is 0 Å². The molecule has 2 amide bonds. The van der Waals surface area contributed by atoms with E-state index in [4.69, 9.17) is 0 Å². The highest BCUT2D eigenvalue weighted by molar-refractivity contribution is 5.92. The van der Waals surface area contributed by atoms with Gasteiger partial charge in [-0.15, -0.1) is 13.2 Å². The third-order valence-electron chi connectivity index (χ3n) is 4.17. The quantitative estimate of drug-likeness (QED) is 0.649. The van der Waals surface area contributed by atoms with E-state index >= 15 is 0 Å². The van der Waals surface area contributed by atoms with Crippen LogP contribution >= 0.6 is 0 Å². The standard InChI is InChI=1S/C21H24F3N3O3/c1-15(16-6-4-3-5-7-16)12-25-19(28)13-27(2)14-20(29)26-17-8-10-18(11-9-17)30-21(22,23)24/h3-11,15H,12-14H2,1-2H3,(H,25,28)(H,26,29)/t15-/m0/s1. The Bertz CT molecular complexity index is 827. The fourth-order valence-corrected chi connectivity index (χ4v) is 2.71. The lowest BCUT2D eigenvalue weighted by molar-refractivity contribution is -0.274. The first kappa shape index (κ1) is 23.2. The average Bonchev–Trinajstić information content (AvgIpc) is 2.67. The van der Waals surface area contributed by atoms with Crippen molar-refractivity contribution in [3.63, 3.8) is 0 Å². The van der Waals surface area contributed by atoms with Crippen molar-refractivity contribution in [2.24, 2.45) is 0 Å². The van der Waals surface area contributed by atoms with Crippen LogP contribution in [0.5, 0.6) is 5.75 Å². The molecule has 0 saturated heterocycles. The number of hydrogen-bond donors (Lipinski definition) is 2. The van der Waals surface area contributed by atoms with Crippen LogP contribution in [0.15, 0.2) is 54.6 Å².